The van der Waals surface area contributed by atoms with E-state index in [0.29, 0.717) is 12.1 Å². The summed E-state index contributed by atoms with van der Waals surface area (Å²) in [5, 5.41) is 10.7. The Morgan fingerprint density at radius 3 is 2.31 bits per heavy atom. The summed E-state index contributed by atoms with van der Waals surface area (Å²) in [6.45, 7) is 7.91. The Morgan fingerprint density at radius 1 is 1.12 bits per heavy atom. The largest absolute Gasteiger partial charge is 0.366 e. The Labute approximate surface area is 153 Å². The smallest absolute Gasteiger partial charge is 0.257 e. The second kappa shape index (κ2) is 6.42. The maximum Gasteiger partial charge on any atom is 0.257 e. The van der Waals surface area contributed by atoms with Crippen molar-refractivity contribution >= 4 is 23.2 Å². The average molecular weight is 384 g/mol. The number of halogens is 4. The fourth-order valence-electron chi connectivity index (χ4n) is 2.35. The number of hydrogen-bond acceptors (Lipinski definition) is 4. The van der Waals surface area contributed by atoms with Gasteiger partial charge in [0.25, 0.3) is 5.78 Å². The van der Waals surface area contributed by atoms with Gasteiger partial charge in [-0.3, -0.25) is 4.40 Å². The first-order valence-electron chi connectivity index (χ1n) is 7.90. The topological polar surface area (TPSA) is 55.1 Å². The lowest BCUT2D eigenvalue weighted by molar-refractivity contribution is 0.359. The Hall–Kier alpha value is -2.35. The molecule has 0 aliphatic carbocycles. The Morgan fingerprint density at radius 2 is 1.73 bits per heavy atom. The molecule has 3 rings (SSSR count). The molecule has 0 bridgehead atoms. The van der Waals surface area contributed by atoms with Gasteiger partial charge in [-0.05, 0) is 12.3 Å². The highest BCUT2D eigenvalue weighted by Crippen LogP contribution is 2.38. The van der Waals surface area contributed by atoms with Crippen LogP contribution in [0, 0.1) is 22.9 Å². The number of aromatic nitrogens is 4. The fourth-order valence-corrected chi connectivity index (χ4v) is 2.65. The van der Waals surface area contributed by atoms with Crippen LogP contribution in [-0.2, 0) is 0 Å². The monoisotopic (exact) mass is 383 g/mol. The summed E-state index contributed by atoms with van der Waals surface area (Å²) in [7, 11) is 0. The Bertz CT molecular complexity index is 957. The number of rotatable bonds is 3. The van der Waals surface area contributed by atoms with E-state index in [-0.39, 0.29) is 33.8 Å². The van der Waals surface area contributed by atoms with Gasteiger partial charge in [0.05, 0.1) is 11.1 Å². The van der Waals surface area contributed by atoms with E-state index < -0.39 is 23.0 Å². The summed E-state index contributed by atoms with van der Waals surface area (Å²) in [6.07, 6.45) is 1.28. The molecular weight excluding hydrogens is 367 g/mol. The standard InChI is InChI=1S/C17H17ClF3N5/c1-8(17(2,3)4)23-15-13(12-10(20)5-9(19)6-11(12)21)14(18)26-7-22-25-16(26)24-15/h5-8H,1-4H3,(H,23,24,25). The van der Waals surface area contributed by atoms with Crippen LogP contribution in [-0.4, -0.2) is 25.6 Å². The van der Waals surface area contributed by atoms with Gasteiger partial charge in [0, 0.05) is 18.2 Å². The van der Waals surface area contributed by atoms with Crippen molar-refractivity contribution in [2.24, 2.45) is 5.41 Å². The molecule has 0 fully saturated rings. The van der Waals surface area contributed by atoms with Crippen molar-refractivity contribution in [3.05, 3.63) is 41.1 Å². The molecule has 0 radical (unpaired) electrons. The molecule has 2 aromatic heterocycles. The van der Waals surface area contributed by atoms with Crippen LogP contribution in [0.2, 0.25) is 5.15 Å². The predicted molar refractivity (Wildman–Crippen MR) is 93.6 cm³/mol. The van der Waals surface area contributed by atoms with Crippen LogP contribution in [0.25, 0.3) is 16.9 Å². The van der Waals surface area contributed by atoms with E-state index in [2.05, 4.69) is 20.5 Å². The molecule has 0 spiro atoms. The molecule has 1 aromatic carbocycles. The van der Waals surface area contributed by atoms with E-state index in [9.17, 15) is 13.2 Å². The summed E-state index contributed by atoms with van der Waals surface area (Å²) in [5.41, 5.74) is -0.668. The lowest BCUT2D eigenvalue weighted by Crippen LogP contribution is -2.31. The molecule has 1 N–H and O–H groups in total. The first-order chi connectivity index (χ1) is 12.1. The highest BCUT2D eigenvalue weighted by molar-refractivity contribution is 6.33. The summed E-state index contributed by atoms with van der Waals surface area (Å²) in [4.78, 5) is 4.30. The van der Waals surface area contributed by atoms with E-state index in [1.165, 1.54) is 10.7 Å². The van der Waals surface area contributed by atoms with Gasteiger partial charge in [0.2, 0.25) is 0 Å². The quantitative estimate of drug-likeness (QED) is 0.665. The molecule has 3 aromatic rings. The molecule has 0 aliphatic heterocycles. The van der Waals surface area contributed by atoms with Crippen molar-refractivity contribution in [1.29, 1.82) is 0 Å². The van der Waals surface area contributed by atoms with Gasteiger partial charge < -0.3 is 5.32 Å². The average Bonchev–Trinajstić information content (AvgIpc) is 2.96. The third-order valence-corrected chi connectivity index (χ3v) is 4.68. The zero-order valence-corrected chi connectivity index (χ0v) is 15.4. The minimum absolute atomic E-state index is 0.0231. The molecular formula is C17H17ClF3N5. The van der Waals surface area contributed by atoms with E-state index in [4.69, 9.17) is 11.6 Å². The van der Waals surface area contributed by atoms with Crippen LogP contribution < -0.4 is 5.32 Å². The second-order valence-corrected chi connectivity index (χ2v) is 7.46. The molecule has 1 unspecified atom stereocenters. The van der Waals surface area contributed by atoms with Gasteiger partial charge in [-0.25, -0.2) is 13.2 Å². The zero-order chi connectivity index (χ0) is 19.2. The van der Waals surface area contributed by atoms with Crippen molar-refractivity contribution in [3.8, 4) is 11.1 Å². The van der Waals surface area contributed by atoms with Crippen molar-refractivity contribution in [1.82, 2.24) is 19.6 Å². The first-order valence-corrected chi connectivity index (χ1v) is 8.28. The number of hydrogen-bond donors (Lipinski definition) is 1. The molecule has 9 heteroatoms. The second-order valence-electron chi connectivity index (χ2n) is 7.10. The number of fused-ring (bicyclic) bond motifs is 1. The van der Waals surface area contributed by atoms with Crippen LogP contribution in [0.1, 0.15) is 27.7 Å². The molecule has 2 heterocycles. The number of nitrogens with one attached hydrogen (secondary N) is 1. The van der Waals surface area contributed by atoms with E-state index in [0.717, 1.165) is 0 Å². The third-order valence-electron chi connectivity index (χ3n) is 4.31. The summed E-state index contributed by atoms with van der Waals surface area (Å²) >= 11 is 6.38. The highest BCUT2D eigenvalue weighted by atomic mass is 35.5. The molecule has 138 valence electrons. The molecule has 5 nitrogen and oxygen atoms in total. The molecule has 1 atom stereocenters. The minimum Gasteiger partial charge on any atom is -0.366 e. The molecule has 0 saturated carbocycles. The zero-order valence-electron chi connectivity index (χ0n) is 14.6. The lowest BCUT2D eigenvalue weighted by atomic mass is 9.88. The van der Waals surface area contributed by atoms with Gasteiger partial charge in [-0.1, -0.05) is 32.4 Å². The van der Waals surface area contributed by atoms with E-state index >= 15 is 0 Å². The molecule has 0 saturated heterocycles. The minimum atomic E-state index is -1.08. The van der Waals surface area contributed by atoms with Gasteiger partial charge in [-0.15, -0.1) is 10.2 Å². The first kappa shape index (κ1) is 18.4. The maximum atomic E-state index is 14.4. The Kier molecular flexibility index (Phi) is 4.56. The maximum absolute atomic E-state index is 14.4. The van der Waals surface area contributed by atoms with Crippen molar-refractivity contribution in [3.63, 3.8) is 0 Å². The van der Waals surface area contributed by atoms with Gasteiger partial charge >= 0.3 is 0 Å². The van der Waals surface area contributed by atoms with Crippen LogP contribution in [0.15, 0.2) is 18.5 Å². The van der Waals surface area contributed by atoms with Crippen molar-refractivity contribution < 1.29 is 13.2 Å². The summed E-state index contributed by atoms with van der Waals surface area (Å²) in [5.74, 6) is -2.86. The SMILES string of the molecule is CC(Nc1nc2nncn2c(Cl)c1-c1c(F)cc(F)cc1F)C(C)(C)C. The molecule has 0 amide bonds. The fraction of sp³-hybridized carbons (Fsp3) is 0.353. The lowest BCUT2D eigenvalue weighted by Gasteiger charge is -2.29. The summed E-state index contributed by atoms with van der Waals surface area (Å²) < 4.78 is 43.5. The highest BCUT2D eigenvalue weighted by Gasteiger charge is 2.27. The molecule has 0 aliphatic rings. The third kappa shape index (κ3) is 3.21. The van der Waals surface area contributed by atoms with Crippen molar-refractivity contribution in [2.45, 2.75) is 33.7 Å². The van der Waals surface area contributed by atoms with E-state index in [1.807, 2.05) is 27.7 Å². The predicted octanol–water partition coefficient (Wildman–Crippen LogP) is 4.71. The van der Waals surface area contributed by atoms with Gasteiger partial charge in [0.1, 0.15) is 34.7 Å². The normalized spacial score (nSPS) is 13.2. The number of nitrogens with zero attached hydrogens (tertiary/aromatic N) is 4. The van der Waals surface area contributed by atoms with Crippen LogP contribution in [0.3, 0.4) is 0 Å². The number of benzene rings is 1. The summed E-state index contributed by atoms with van der Waals surface area (Å²) in [6, 6.07) is 1.08. The molecule has 26 heavy (non-hydrogen) atoms. The van der Waals surface area contributed by atoms with Crippen LogP contribution in [0.4, 0.5) is 19.0 Å². The van der Waals surface area contributed by atoms with Gasteiger partial charge in [0.15, 0.2) is 0 Å². The number of anilines is 1. The Balaban J connectivity index is 2.29. The van der Waals surface area contributed by atoms with Gasteiger partial charge in [-0.2, -0.15) is 4.98 Å². The van der Waals surface area contributed by atoms with Crippen molar-refractivity contribution in [2.75, 3.05) is 5.32 Å². The van der Waals surface area contributed by atoms with Crippen LogP contribution >= 0.6 is 11.6 Å². The van der Waals surface area contributed by atoms with E-state index in [1.54, 1.807) is 0 Å². The van der Waals surface area contributed by atoms with Crippen LogP contribution in [0.5, 0.6) is 0 Å².